The summed E-state index contributed by atoms with van der Waals surface area (Å²) in [5.41, 5.74) is 5.65. The largest absolute Gasteiger partial charge is 0.465 e. The Morgan fingerprint density at radius 3 is 2.76 bits per heavy atom. The predicted octanol–water partition coefficient (Wildman–Crippen LogP) is 1.08. The normalized spacial score (nSPS) is 20.7. The number of likely N-dealkylation sites (tertiary alicyclic amines) is 1. The fourth-order valence-corrected chi connectivity index (χ4v) is 2.76. The van der Waals surface area contributed by atoms with E-state index in [4.69, 9.17) is 10.8 Å². The van der Waals surface area contributed by atoms with Gasteiger partial charge < -0.3 is 16.2 Å². The molecule has 2 amide bonds. The number of benzene rings is 1. The molecule has 0 radical (unpaired) electrons. The smallest absolute Gasteiger partial charge is 0.404 e. The van der Waals surface area contributed by atoms with Gasteiger partial charge in [0.2, 0.25) is 5.91 Å². The summed E-state index contributed by atoms with van der Waals surface area (Å²) >= 11 is 0. The van der Waals surface area contributed by atoms with E-state index in [1.165, 1.54) is 12.1 Å². The third kappa shape index (κ3) is 3.69. The van der Waals surface area contributed by atoms with Gasteiger partial charge in [-0.05, 0) is 25.5 Å². The molecule has 114 valence electrons. The molecule has 0 spiro atoms. The lowest BCUT2D eigenvalue weighted by atomic mass is 9.98. The lowest BCUT2D eigenvalue weighted by Gasteiger charge is -2.37. The van der Waals surface area contributed by atoms with Crippen molar-refractivity contribution >= 4 is 12.0 Å². The molecule has 1 saturated heterocycles. The number of nitrogens with one attached hydrogen (secondary N) is 1. The summed E-state index contributed by atoms with van der Waals surface area (Å²) in [5.74, 6) is -1.13. The number of rotatable bonds is 4. The molecule has 2 rings (SSSR count). The number of carbonyl (C=O) groups excluding carboxylic acids is 1. The zero-order valence-corrected chi connectivity index (χ0v) is 11.5. The Balaban J connectivity index is 2.20. The molecule has 6 nitrogen and oxygen atoms in total. The number of amides is 2. The van der Waals surface area contributed by atoms with Crippen LogP contribution in [-0.4, -0.2) is 41.1 Å². The molecule has 1 aromatic rings. The first-order valence-electron chi connectivity index (χ1n) is 6.76. The van der Waals surface area contributed by atoms with Gasteiger partial charge in [0.05, 0.1) is 0 Å². The van der Waals surface area contributed by atoms with Crippen LogP contribution >= 0.6 is 0 Å². The van der Waals surface area contributed by atoms with Gasteiger partial charge in [-0.25, -0.2) is 9.18 Å². The van der Waals surface area contributed by atoms with E-state index in [1.54, 1.807) is 17.0 Å². The maximum Gasteiger partial charge on any atom is 0.404 e. The third-order valence-electron chi connectivity index (χ3n) is 3.61. The first kappa shape index (κ1) is 15.2. The van der Waals surface area contributed by atoms with Crippen molar-refractivity contribution in [3.05, 3.63) is 35.6 Å². The lowest BCUT2D eigenvalue weighted by molar-refractivity contribution is -0.124. The number of nitrogens with zero attached hydrogens (tertiary/aromatic N) is 1. The quantitative estimate of drug-likeness (QED) is 0.774. The summed E-state index contributed by atoms with van der Waals surface area (Å²) < 4.78 is 13.9. The number of piperidine rings is 1. The second-order valence-electron chi connectivity index (χ2n) is 5.11. The molecular formula is C14H18FN3O3. The van der Waals surface area contributed by atoms with E-state index in [-0.39, 0.29) is 11.6 Å². The Morgan fingerprint density at radius 2 is 2.14 bits per heavy atom. The molecule has 7 heteroatoms. The molecule has 0 bridgehead atoms. The molecule has 1 fully saturated rings. The van der Waals surface area contributed by atoms with Gasteiger partial charge in [-0.3, -0.25) is 9.69 Å². The minimum atomic E-state index is -1.11. The standard InChI is InChI=1S/C14H18FN3O3/c15-11-6-2-1-5-10(11)12(13(16)19)18-7-3-4-9(8-18)17-14(20)21/h1-2,5-6,9,12,17H,3-4,7-8H2,(H2,16,19)(H,20,21)/t9-,12?/m1/s1. The number of hydrogen-bond donors (Lipinski definition) is 3. The number of nitrogens with two attached hydrogens (primary N) is 1. The second-order valence-corrected chi connectivity index (χ2v) is 5.11. The summed E-state index contributed by atoms with van der Waals surface area (Å²) in [6, 6.07) is 4.82. The van der Waals surface area contributed by atoms with Crippen molar-refractivity contribution in [2.75, 3.05) is 13.1 Å². The second kappa shape index (κ2) is 6.53. The summed E-state index contributed by atoms with van der Waals surface area (Å²) in [7, 11) is 0. The van der Waals surface area contributed by atoms with E-state index in [1.807, 2.05) is 0 Å². The van der Waals surface area contributed by atoms with Crippen molar-refractivity contribution in [1.82, 2.24) is 10.2 Å². The first-order valence-corrected chi connectivity index (χ1v) is 6.76. The summed E-state index contributed by atoms with van der Waals surface area (Å²) in [6.45, 7) is 0.897. The van der Waals surface area contributed by atoms with Crippen LogP contribution in [0.3, 0.4) is 0 Å². The van der Waals surface area contributed by atoms with Gasteiger partial charge in [0, 0.05) is 18.2 Å². The van der Waals surface area contributed by atoms with Crippen LogP contribution in [0.5, 0.6) is 0 Å². The number of halogens is 1. The minimum absolute atomic E-state index is 0.223. The zero-order chi connectivity index (χ0) is 15.4. The highest BCUT2D eigenvalue weighted by Crippen LogP contribution is 2.26. The van der Waals surface area contributed by atoms with Crippen LogP contribution in [-0.2, 0) is 4.79 Å². The molecule has 2 atom stereocenters. The Morgan fingerprint density at radius 1 is 1.43 bits per heavy atom. The Labute approximate surface area is 121 Å². The average molecular weight is 295 g/mol. The van der Waals surface area contributed by atoms with Crippen LogP contribution in [0.2, 0.25) is 0 Å². The zero-order valence-electron chi connectivity index (χ0n) is 11.5. The van der Waals surface area contributed by atoms with Crippen molar-refractivity contribution in [3.63, 3.8) is 0 Å². The molecule has 1 heterocycles. The monoisotopic (exact) mass is 295 g/mol. The molecule has 4 N–H and O–H groups in total. The third-order valence-corrected chi connectivity index (χ3v) is 3.61. The van der Waals surface area contributed by atoms with Crippen LogP contribution in [0, 0.1) is 5.82 Å². The van der Waals surface area contributed by atoms with Crippen molar-refractivity contribution in [3.8, 4) is 0 Å². The van der Waals surface area contributed by atoms with Crippen LogP contribution in [0.15, 0.2) is 24.3 Å². The van der Waals surface area contributed by atoms with E-state index in [2.05, 4.69) is 5.32 Å². The minimum Gasteiger partial charge on any atom is -0.465 e. The average Bonchev–Trinajstić information content (AvgIpc) is 2.40. The summed E-state index contributed by atoms with van der Waals surface area (Å²) in [4.78, 5) is 24.2. The highest BCUT2D eigenvalue weighted by Gasteiger charge is 2.32. The van der Waals surface area contributed by atoms with E-state index >= 15 is 0 Å². The highest BCUT2D eigenvalue weighted by molar-refractivity contribution is 5.81. The highest BCUT2D eigenvalue weighted by atomic mass is 19.1. The SMILES string of the molecule is NC(=O)C(c1ccccc1F)N1CCC[C@@H](NC(=O)O)C1. The number of carbonyl (C=O) groups is 2. The molecule has 0 saturated carbocycles. The molecule has 1 aromatic carbocycles. The van der Waals surface area contributed by atoms with E-state index in [0.29, 0.717) is 25.9 Å². The van der Waals surface area contributed by atoms with Crippen LogP contribution in [0.4, 0.5) is 9.18 Å². The number of carboxylic acid groups (broad SMARTS) is 1. The maximum atomic E-state index is 13.9. The van der Waals surface area contributed by atoms with Crippen LogP contribution < -0.4 is 11.1 Å². The van der Waals surface area contributed by atoms with Gasteiger partial charge in [-0.1, -0.05) is 18.2 Å². The fourth-order valence-electron chi connectivity index (χ4n) is 2.76. The molecule has 1 aliphatic rings. The van der Waals surface area contributed by atoms with Crippen LogP contribution in [0.25, 0.3) is 0 Å². The predicted molar refractivity (Wildman–Crippen MR) is 74.1 cm³/mol. The van der Waals surface area contributed by atoms with Gasteiger partial charge in [0.25, 0.3) is 0 Å². The number of primary amides is 1. The molecule has 1 unspecified atom stereocenters. The van der Waals surface area contributed by atoms with E-state index < -0.39 is 23.9 Å². The van der Waals surface area contributed by atoms with Gasteiger partial charge >= 0.3 is 6.09 Å². The van der Waals surface area contributed by atoms with Gasteiger partial charge in [-0.2, -0.15) is 0 Å². The first-order chi connectivity index (χ1) is 9.99. The fraction of sp³-hybridized carbons (Fsp3) is 0.429. The Kier molecular flexibility index (Phi) is 4.74. The van der Waals surface area contributed by atoms with Crippen LogP contribution in [0.1, 0.15) is 24.4 Å². The van der Waals surface area contributed by atoms with E-state index in [9.17, 15) is 14.0 Å². The maximum absolute atomic E-state index is 13.9. The Bertz CT molecular complexity index is 538. The molecule has 21 heavy (non-hydrogen) atoms. The Hall–Kier alpha value is -2.15. The van der Waals surface area contributed by atoms with Gasteiger partial charge in [0.15, 0.2) is 0 Å². The summed E-state index contributed by atoms with van der Waals surface area (Å²) in [5, 5.41) is 11.2. The van der Waals surface area contributed by atoms with Crippen molar-refractivity contribution in [1.29, 1.82) is 0 Å². The number of hydrogen-bond acceptors (Lipinski definition) is 3. The molecule has 0 aromatic heterocycles. The molecule has 1 aliphatic heterocycles. The van der Waals surface area contributed by atoms with Gasteiger partial charge in [-0.15, -0.1) is 0 Å². The van der Waals surface area contributed by atoms with Gasteiger partial charge in [0.1, 0.15) is 11.9 Å². The molecular weight excluding hydrogens is 277 g/mol. The van der Waals surface area contributed by atoms with Crippen molar-refractivity contribution in [2.45, 2.75) is 24.9 Å². The molecule has 0 aliphatic carbocycles. The van der Waals surface area contributed by atoms with Crippen molar-refractivity contribution in [2.24, 2.45) is 5.73 Å². The van der Waals surface area contributed by atoms with E-state index in [0.717, 1.165) is 0 Å². The topological polar surface area (TPSA) is 95.7 Å². The lowest BCUT2D eigenvalue weighted by Crippen LogP contribution is -2.50. The van der Waals surface area contributed by atoms with Crippen molar-refractivity contribution < 1.29 is 19.1 Å². The summed E-state index contributed by atoms with van der Waals surface area (Å²) in [6.07, 6.45) is 0.290.